The Bertz CT molecular complexity index is 1760. The van der Waals surface area contributed by atoms with Crippen LogP contribution in [0.4, 0.5) is 10.2 Å². The number of halogens is 1. The molecule has 256 valence electrons. The van der Waals surface area contributed by atoms with E-state index >= 15 is 0 Å². The number of hydrogen-bond acceptors (Lipinski definition) is 9. The Hall–Kier alpha value is -3.49. The molecule has 0 bridgehead atoms. The number of alkyl halides is 1. The summed E-state index contributed by atoms with van der Waals surface area (Å²) in [7, 11) is -4.97. The van der Waals surface area contributed by atoms with Crippen molar-refractivity contribution >= 4 is 52.6 Å². The largest absolute Gasteiger partial charge is 0.378 e. The lowest BCUT2D eigenvalue weighted by Crippen LogP contribution is -2.53. The maximum atomic E-state index is 14.3. The third kappa shape index (κ3) is 6.58. The van der Waals surface area contributed by atoms with Crippen LogP contribution in [0.2, 0.25) is 0 Å². The summed E-state index contributed by atoms with van der Waals surface area (Å²) < 4.78 is 31.8. The van der Waals surface area contributed by atoms with Crippen molar-refractivity contribution in [2.75, 3.05) is 44.3 Å². The van der Waals surface area contributed by atoms with Crippen LogP contribution in [0.15, 0.2) is 36.8 Å². The smallest absolute Gasteiger partial charge is 0.363 e. The van der Waals surface area contributed by atoms with Crippen molar-refractivity contribution in [3.05, 3.63) is 52.8 Å². The molecule has 4 saturated heterocycles. The molecule has 3 N–H and O–H groups in total. The molecular weight excluding hydrogens is 662 g/mol. The predicted octanol–water partition coefficient (Wildman–Crippen LogP) is 3.33. The molecule has 0 radical (unpaired) electrons. The van der Waals surface area contributed by atoms with Gasteiger partial charge in [0.25, 0.3) is 5.91 Å². The number of morpholine rings is 1. The second-order valence-corrected chi connectivity index (χ2v) is 15.7. The Balaban J connectivity index is 0.979. The molecule has 0 saturated carbocycles. The van der Waals surface area contributed by atoms with Crippen molar-refractivity contribution in [3.63, 3.8) is 0 Å². The molecule has 4 fully saturated rings. The van der Waals surface area contributed by atoms with E-state index in [0.717, 1.165) is 61.5 Å². The van der Waals surface area contributed by atoms with E-state index in [-0.39, 0.29) is 41.8 Å². The number of thiophene rings is 1. The molecule has 0 spiro atoms. The number of anilines is 1. The van der Waals surface area contributed by atoms with Gasteiger partial charge in [-0.15, -0.1) is 11.3 Å². The average Bonchev–Trinajstić information content (AvgIpc) is 3.63. The van der Waals surface area contributed by atoms with Crippen molar-refractivity contribution in [3.8, 4) is 0 Å². The summed E-state index contributed by atoms with van der Waals surface area (Å²) in [6.07, 6.45) is 7.24. The van der Waals surface area contributed by atoms with Crippen LogP contribution < -0.4 is 10.2 Å². The van der Waals surface area contributed by atoms with E-state index in [4.69, 9.17) is 4.74 Å². The molecule has 7 rings (SSSR count). The number of aromatic nitrogens is 2. The molecule has 4 aliphatic rings. The number of fused-ring (bicyclic) bond motifs is 2. The fourth-order valence-electron chi connectivity index (χ4n) is 7.42. The molecule has 3 amide bonds. The predicted molar refractivity (Wildman–Crippen MR) is 175 cm³/mol. The zero-order valence-electron chi connectivity index (χ0n) is 26.2. The minimum absolute atomic E-state index is 0.0122. The molecule has 16 heteroatoms. The number of carbonyl (C=O) groups is 3. The van der Waals surface area contributed by atoms with Gasteiger partial charge in [0.2, 0.25) is 17.7 Å². The summed E-state index contributed by atoms with van der Waals surface area (Å²) in [6, 6.07) is 4.75. The van der Waals surface area contributed by atoms with Gasteiger partial charge in [0.1, 0.15) is 18.2 Å². The van der Waals surface area contributed by atoms with Crippen LogP contribution >= 0.6 is 18.9 Å². The van der Waals surface area contributed by atoms with Crippen molar-refractivity contribution in [1.82, 2.24) is 25.1 Å². The molecule has 4 atom stereocenters. The zero-order valence-corrected chi connectivity index (χ0v) is 28.0. The molecule has 6 heterocycles. The molecule has 3 aromatic rings. The highest BCUT2D eigenvalue weighted by molar-refractivity contribution is 7.51. The summed E-state index contributed by atoms with van der Waals surface area (Å²) in [6.45, 7) is 3.99. The summed E-state index contributed by atoms with van der Waals surface area (Å²) in [5.41, 5.74) is 0.873. The van der Waals surface area contributed by atoms with Gasteiger partial charge in [0, 0.05) is 67.1 Å². The second-order valence-electron chi connectivity index (χ2n) is 13.0. The summed E-state index contributed by atoms with van der Waals surface area (Å²) in [5.74, 6) is -2.01. The molecular formula is C32H38FN6O7PS. The van der Waals surface area contributed by atoms with Crippen molar-refractivity contribution in [2.24, 2.45) is 0 Å². The highest BCUT2D eigenvalue weighted by Crippen LogP contribution is 2.53. The lowest BCUT2D eigenvalue weighted by atomic mass is 9.91. The highest BCUT2D eigenvalue weighted by Gasteiger charge is 2.44. The van der Waals surface area contributed by atoms with Gasteiger partial charge in [-0.3, -0.25) is 18.9 Å². The number of amides is 3. The van der Waals surface area contributed by atoms with Gasteiger partial charge in [0.15, 0.2) is 0 Å². The molecule has 0 aliphatic carbocycles. The van der Waals surface area contributed by atoms with Gasteiger partial charge < -0.3 is 34.5 Å². The quantitative estimate of drug-likeness (QED) is 0.297. The molecule has 1 aromatic carbocycles. The Morgan fingerprint density at radius 3 is 2.69 bits per heavy atom. The summed E-state index contributed by atoms with van der Waals surface area (Å²) in [4.78, 5) is 74.1. The van der Waals surface area contributed by atoms with E-state index in [9.17, 15) is 33.1 Å². The van der Waals surface area contributed by atoms with E-state index in [2.05, 4.69) is 20.2 Å². The van der Waals surface area contributed by atoms with Crippen LogP contribution in [-0.4, -0.2) is 105 Å². The van der Waals surface area contributed by atoms with Gasteiger partial charge in [-0.2, -0.15) is 0 Å². The number of nitrogens with zero attached hydrogens (tertiary/aromatic N) is 5. The Morgan fingerprint density at radius 1 is 1.12 bits per heavy atom. The van der Waals surface area contributed by atoms with E-state index in [1.54, 1.807) is 12.4 Å². The molecule has 4 aliphatic heterocycles. The second kappa shape index (κ2) is 13.4. The standard InChI is InChI=1S/C32H38FN6O7PS/c33-29(47(43,44)45)19-4-7-26-20(12-19)13-27(48-26)31(41)36-25-3-1-2-22-5-6-23(39(22)32(25)42)14-28(40)38-16-21(17-38)24-15-34-18-35-30(24)37-8-10-46-11-9-37/h4,7,12-13,15,18,21-23,25,29H,1-3,5-6,8-11,14,16-17H2,(H,36,41)(H2,43,44,45)/t22-,23-,25-,29+/m0/s1. The normalized spacial score (nSPS) is 24.3. The maximum absolute atomic E-state index is 14.3. The third-order valence-electron chi connectivity index (χ3n) is 9.96. The SMILES string of the molecule is O=C(N[C@H]1CCC[C@H]2CC[C@@H](CC(=O)N3CC(c4cncnc4N4CCOCC4)C3)N2C1=O)c1cc2cc([C@H](F)P(=O)(O)O)ccc2s1. The minimum Gasteiger partial charge on any atom is -0.378 e. The van der Waals surface area contributed by atoms with Crippen molar-refractivity contribution < 1.29 is 37.9 Å². The van der Waals surface area contributed by atoms with Crippen LogP contribution in [0.5, 0.6) is 0 Å². The number of hydrogen-bond donors (Lipinski definition) is 3. The zero-order chi connectivity index (χ0) is 33.6. The summed E-state index contributed by atoms with van der Waals surface area (Å²) in [5, 5.41) is 3.38. The Kier molecular flexibility index (Phi) is 9.24. The first kappa shape index (κ1) is 33.0. The van der Waals surface area contributed by atoms with Crippen LogP contribution in [0.3, 0.4) is 0 Å². The number of rotatable bonds is 8. The fourth-order valence-corrected chi connectivity index (χ4v) is 8.91. The van der Waals surface area contributed by atoms with Crippen molar-refractivity contribution in [1.29, 1.82) is 0 Å². The van der Waals surface area contributed by atoms with Gasteiger partial charge in [0.05, 0.1) is 18.1 Å². The van der Waals surface area contributed by atoms with Crippen LogP contribution in [0, 0.1) is 0 Å². The van der Waals surface area contributed by atoms with Crippen molar-refractivity contribution in [2.45, 2.75) is 68.5 Å². The monoisotopic (exact) mass is 700 g/mol. The Morgan fingerprint density at radius 2 is 1.92 bits per heavy atom. The van der Waals surface area contributed by atoms with E-state index < -0.39 is 25.5 Å². The lowest BCUT2D eigenvalue weighted by molar-refractivity contribution is -0.140. The first-order valence-electron chi connectivity index (χ1n) is 16.3. The maximum Gasteiger partial charge on any atom is 0.363 e. The average molecular weight is 701 g/mol. The molecule has 48 heavy (non-hydrogen) atoms. The van der Waals surface area contributed by atoms with Gasteiger partial charge in [-0.25, -0.2) is 14.4 Å². The van der Waals surface area contributed by atoms with Gasteiger partial charge in [-0.1, -0.05) is 6.07 Å². The number of nitrogens with one attached hydrogen (secondary N) is 1. The third-order valence-corrected chi connectivity index (χ3v) is 12.0. The number of likely N-dealkylation sites (tertiary alicyclic amines) is 1. The van der Waals surface area contributed by atoms with E-state index in [1.807, 2.05) is 16.0 Å². The van der Waals surface area contributed by atoms with Crippen LogP contribution in [0.1, 0.15) is 71.2 Å². The minimum atomic E-state index is -4.97. The van der Waals surface area contributed by atoms with Crippen LogP contribution in [0.25, 0.3) is 10.1 Å². The van der Waals surface area contributed by atoms with E-state index in [1.165, 1.54) is 18.2 Å². The molecule has 2 aromatic heterocycles. The Labute approximate surface area is 280 Å². The number of ether oxygens (including phenoxy) is 1. The first-order valence-corrected chi connectivity index (χ1v) is 18.8. The van der Waals surface area contributed by atoms with Gasteiger partial charge >= 0.3 is 7.60 Å². The molecule has 0 unspecified atom stereocenters. The fraction of sp³-hybridized carbons (Fsp3) is 0.531. The van der Waals surface area contributed by atoms with Gasteiger partial charge in [-0.05, 0) is 61.3 Å². The number of carbonyl (C=O) groups excluding carboxylic acids is 3. The van der Waals surface area contributed by atoms with E-state index in [0.29, 0.717) is 47.7 Å². The first-order chi connectivity index (χ1) is 23.1. The highest BCUT2D eigenvalue weighted by atomic mass is 32.1. The lowest BCUT2D eigenvalue weighted by Gasteiger charge is -2.42. The summed E-state index contributed by atoms with van der Waals surface area (Å²) >= 11 is 1.16. The topological polar surface area (TPSA) is 165 Å². The number of benzene rings is 1. The molecule has 13 nitrogen and oxygen atoms in total. The van der Waals surface area contributed by atoms with Crippen LogP contribution in [-0.2, 0) is 18.9 Å².